The fraction of sp³-hybridized carbons (Fsp3) is 0.222. The number of carbonyl (C=O) groups excluding carboxylic acids is 1. The Hall–Kier alpha value is -3.37. The summed E-state index contributed by atoms with van der Waals surface area (Å²) in [6.07, 6.45) is 2.81. The minimum absolute atomic E-state index is 0.0759. The van der Waals surface area contributed by atoms with E-state index in [1.54, 1.807) is 0 Å². The van der Waals surface area contributed by atoms with E-state index < -0.39 is 0 Å². The van der Waals surface area contributed by atoms with Crippen molar-refractivity contribution in [3.8, 4) is 11.5 Å². The predicted octanol–water partition coefficient (Wildman–Crippen LogP) is 5.53. The van der Waals surface area contributed by atoms with Crippen LogP contribution in [0.2, 0.25) is 0 Å². The van der Waals surface area contributed by atoms with Gasteiger partial charge in [0.25, 0.3) is 0 Å². The third-order valence-electron chi connectivity index (χ3n) is 5.89. The van der Waals surface area contributed by atoms with Crippen LogP contribution in [0, 0.1) is 6.92 Å². The molecule has 0 unspecified atom stereocenters. The zero-order valence-electron chi connectivity index (χ0n) is 17.9. The van der Waals surface area contributed by atoms with Crippen LogP contribution in [0.25, 0.3) is 6.08 Å². The number of aryl methyl sites for hydroxylation is 2. The van der Waals surface area contributed by atoms with Crippen LogP contribution in [0.1, 0.15) is 45.1 Å². The Morgan fingerprint density at radius 1 is 0.968 bits per heavy atom. The molecule has 3 aromatic carbocycles. The molecule has 0 radical (unpaired) electrons. The van der Waals surface area contributed by atoms with Gasteiger partial charge in [0, 0.05) is 13.1 Å². The van der Waals surface area contributed by atoms with Crippen molar-refractivity contribution in [3.63, 3.8) is 0 Å². The first-order valence-corrected chi connectivity index (χ1v) is 10.7. The van der Waals surface area contributed by atoms with E-state index in [0.717, 1.165) is 29.8 Å². The van der Waals surface area contributed by atoms with Crippen molar-refractivity contribution in [2.75, 3.05) is 6.73 Å². The normalized spacial score (nSPS) is 16.6. The molecule has 156 valence electrons. The van der Waals surface area contributed by atoms with E-state index in [2.05, 4.69) is 55.1 Å². The summed E-state index contributed by atoms with van der Waals surface area (Å²) >= 11 is 0. The molecule has 3 aromatic rings. The molecule has 31 heavy (non-hydrogen) atoms. The van der Waals surface area contributed by atoms with E-state index in [-0.39, 0.29) is 5.78 Å². The number of allylic oxidation sites excluding steroid dienone is 1. The zero-order chi connectivity index (χ0) is 21.4. The highest BCUT2D eigenvalue weighted by atomic mass is 16.5. The standard InChI is InChI=1S/C27H25NO3/c1-3-19-8-10-20(11-9-19)14-25-26(29)22-12-13-24-23(27(22)31-25)16-28(17-30-24)15-21-6-4-18(2)5-7-21/h4-14H,3,15-17H2,1-2H3/b25-14-. The maximum absolute atomic E-state index is 13.0. The van der Waals surface area contributed by atoms with Gasteiger partial charge in [-0.3, -0.25) is 9.69 Å². The van der Waals surface area contributed by atoms with Crippen LogP contribution in [0.4, 0.5) is 0 Å². The van der Waals surface area contributed by atoms with Gasteiger partial charge < -0.3 is 9.47 Å². The number of ether oxygens (including phenoxy) is 2. The lowest BCUT2D eigenvalue weighted by atomic mass is 10.0. The molecule has 0 spiro atoms. The van der Waals surface area contributed by atoms with Gasteiger partial charge in [0.05, 0.1) is 11.1 Å². The molecule has 4 nitrogen and oxygen atoms in total. The van der Waals surface area contributed by atoms with Gasteiger partial charge in [-0.2, -0.15) is 0 Å². The molecule has 0 saturated carbocycles. The van der Waals surface area contributed by atoms with Crippen molar-refractivity contribution < 1.29 is 14.3 Å². The largest absolute Gasteiger partial charge is 0.478 e. The Morgan fingerprint density at radius 3 is 2.45 bits per heavy atom. The third-order valence-corrected chi connectivity index (χ3v) is 5.89. The van der Waals surface area contributed by atoms with E-state index in [9.17, 15) is 4.79 Å². The molecule has 2 heterocycles. The fourth-order valence-electron chi connectivity index (χ4n) is 4.06. The van der Waals surface area contributed by atoms with E-state index in [0.29, 0.717) is 30.3 Å². The van der Waals surface area contributed by atoms with Crippen molar-refractivity contribution in [1.29, 1.82) is 0 Å². The average Bonchev–Trinajstić information content (AvgIpc) is 3.11. The van der Waals surface area contributed by atoms with Gasteiger partial charge in [0.1, 0.15) is 18.2 Å². The van der Waals surface area contributed by atoms with E-state index >= 15 is 0 Å². The minimum Gasteiger partial charge on any atom is -0.478 e. The SMILES string of the molecule is CCc1ccc(/C=C2\Oc3c(ccc4c3CN(Cc3ccc(C)cc3)CO4)C2=O)cc1. The highest BCUT2D eigenvalue weighted by Gasteiger charge is 2.33. The summed E-state index contributed by atoms with van der Waals surface area (Å²) in [5.41, 5.74) is 6.25. The summed E-state index contributed by atoms with van der Waals surface area (Å²) in [5, 5.41) is 0. The molecule has 0 amide bonds. The quantitative estimate of drug-likeness (QED) is 0.530. The highest BCUT2D eigenvalue weighted by molar-refractivity contribution is 6.15. The van der Waals surface area contributed by atoms with Gasteiger partial charge in [-0.05, 0) is 48.2 Å². The summed E-state index contributed by atoms with van der Waals surface area (Å²) in [7, 11) is 0. The summed E-state index contributed by atoms with van der Waals surface area (Å²) in [6.45, 7) is 6.19. The van der Waals surface area contributed by atoms with Gasteiger partial charge in [0.15, 0.2) is 5.76 Å². The number of fused-ring (bicyclic) bond motifs is 3. The molecule has 0 aliphatic carbocycles. The third kappa shape index (κ3) is 3.87. The second-order valence-corrected chi connectivity index (χ2v) is 8.20. The van der Waals surface area contributed by atoms with E-state index in [1.165, 1.54) is 16.7 Å². The van der Waals surface area contributed by atoms with Crippen molar-refractivity contribution >= 4 is 11.9 Å². The van der Waals surface area contributed by atoms with Gasteiger partial charge >= 0.3 is 0 Å². The van der Waals surface area contributed by atoms with Crippen LogP contribution in [0.5, 0.6) is 11.5 Å². The molecule has 0 bridgehead atoms. The molecule has 0 aromatic heterocycles. The van der Waals surface area contributed by atoms with Crippen molar-refractivity contribution in [2.24, 2.45) is 0 Å². The number of Topliss-reactive ketones (excluding diaryl/α,β-unsaturated/α-hetero) is 1. The Labute approximate surface area is 182 Å². The Balaban J connectivity index is 1.40. The van der Waals surface area contributed by atoms with Crippen molar-refractivity contribution in [2.45, 2.75) is 33.4 Å². The van der Waals surface area contributed by atoms with Gasteiger partial charge in [-0.15, -0.1) is 0 Å². The zero-order valence-corrected chi connectivity index (χ0v) is 17.9. The average molecular weight is 412 g/mol. The first-order chi connectivity index (χ1) is 15.1. The Bertz CT molecular complexity index is 1160. The number of hydrogen-bond donors (Lipinski definition) is 0. The number of nitrogens with zero attached hydrogens (tertiary/aromatic N) is 1. The van der Waals surface area contributed by atoms with Crippen LogP contribution in [-0.2, 0) is 19.5 Å². The number of rotatable bonds is 4. The second-order valence-electron chi connectivity index (χ2n) is 8.20. The molecule has 4 heteroatoms. The van der Waals surface area contributed by atoms with Crippen LogP contribution in [-0.4, -0.2) is 17.4 Å². The second kappa shape index (κ2) is 8.05. The van der Waals surface area contributed by atoms with E-state index in [4.69, 9.17) is 9.47 Å². The van der Waals surface area contributed by atoms with Gasteiger partial charge in [-0.1, -0.05) is 61.0 Å². The van der Waals surface area contributed by atoms with Gasteiger partial charge in [-0.25, -0.2) is 0 Å². The lowest BCUT2D eigenvalue weighted by molar-refractivity contribution is 0.0873. The summed E-state index contributed by atoms with van der Waals surface area (Å²) in [5.74, 6) is 1.71. The van der Waals surface area contributed by atoms with Crippen molar-refractivity contribution in [3.05, 3.63) is 99.8 Å². The number of carbonyl (C=O) groups is 1. The molecule has 0 N–H and O–H groups in total. The molecule has 2 aliphatic rings. The lowest BCUT2D eigenvalue weighted by Gasteiger charge is -2.29. The molecule has 0 saturated heterocycles. The topological polar surface area (TPSA) is 38.8 Å². The van der Waals surface area contributed by atoms with Crippen LogP contribution >= 0.6 is 0 Å². The maximum Gasteiger partial charge on any atom is 0.231 e. The number of hydrogen-bond acceptors (Lipinski definition) is 4. The van der Waals surface area contributed by atoms with E-state index in [1.807, 2.05) is 30.3 Å². The number of ketones is 1. The van der Waals surface area contributed by atoms with Crippen LogP contribution in [0.3, 0.4) is 0 Å². The van der Waals surface area contributed by atoms with Crippen molar-refractivity contribution in [1.82, 2.24) is 4.90 Å². The molecule has 2 aliphatic heterocycles. The van der Waals surface area contributed by atoms with Crippen LogP contribution < -0.4 is 9.47 Å². The fourth-order valence-corrected chi connectivity index (χ4v) is 4.06. The summed E-state index contributed by atoms with van der Waals surface area (Å²) < 4.78 is 12.1. The Kier molecular flexibility index (Phi) is 5.08. The predicted molar refractivity (Wildman–Crippen MR) is 121 cm³/mol. The lowest BCUT2D eigenvalue weighted by Crippen LogP contribution is -2.31. The smallest absolute Gasteiger partial charge is 0.231 e. The first-order valence-electron chi connectivity index (χ1n) is 10.7. The monoisotopic (exact) mass is 411 g/mol. The van der Waals surface area contributed by atoms with Crippen LogP contribution in [0.15, 0.2) is 66.4 Å². The van der Waals surface area contributed by atoms with Gasteiger partial charge in [0.2, 0.25) is 5.78 Å². The first kappa shape index (κ1) is 19.6. The highest BCUT2D eigenvalue weighted by Crippen LogP contribution is 2.42. The summed E-state index contributed by atoms with van der Waals surface area (Å²) in [6, 6.07) is 20.4. The summed E-state index contributed by atoms with van der Waals surface area (Å²) in [4.78, 5) is 15.2. The minimum atomic E-state index is -0.0759. The molecule has 5 rings (SSSR count). The number of benzene rings is 3. The Morgan fingerprint density at radius 2 is 1.71 bits per heavy atom. The molecular weight excluding hydrogens is 386 g/mol. The molecule has 0 atom stereocenters. The molecular formula is C27H25NO3. The maximum atomic E-state index is 13.0. The molecule has 0 fully saturated rings.